The summed E-state index contributed by atoms with van der Waals surface area (Å²) in [5.41, 5.74) is 7.24. The predicted molar refractivity (Wildman–Crippen MR) is 118 cm³/mol. The molecule has 1 fully saturated rings. The second-order valence-electron chi connectivity index (χ2n) is 7.59. The summed E-state index contributed by atoms with van der Waals surface area (Å²) in [7, 11) is 0. The SMILES string of the molecule is [CH]=C(Nc1cccc(C)c1C(=O)N1CCCC1)[C]1C=CC2=NC(C)=C(C)C2=C1.[HH].[HH]. The molecule has 0 aromatic heterocycles. The number of aryl methyl sites for hydroxylation is 1. The number of hydrogen-bond acceptors (Lipinski definition) is 3. The normalized spacial score (nSPS) is 18.9. The molecular weight excluding hydrogens is 346 g/mol. The Morgan fingerprint density at radius 2 is 1.93 bits per heavy atom. The van der Waals surface area contributed by atoms with Crippen LogP contribution in [0.2, 0.25) is 0 Å². The molecule has 0 bridgehead atoms. The third kappa shape index (κ3) is 3.24. The van der Waals surface area contributed by atoms with E-state index in [-0.39, 0.29) is 8.76 Å². The molecule has 1 aromatic rings. The fourth-order valence-corrected chi connectivity index (χ4v) is 3.91. The number of likely N-dealkylation sites (tertiary alicyclic amines) is 1. The summed E-state index contributed by atoms with van der Waals surface area (Å²) in [5, 5.41) is 3.29. The number of amides is 1. The van der Waals surface area contributed by atoms with E-state index in [9.17, 15) is 4.79 Å². The minimum absolute atomic E-state index is 0. The van der Waals surface area contributed by atoms with Gasteiger partial charge in [-0.05, 0) is 63.5 Å². The fraction of sp³-hybridized carbons (Fsp3) is 0.292. The minimum atomic E-state index is 0. The van der Waals surface area contributed by atoms with Gasteiger partial charge in [-0.25, -0.2) is 0 Å². The van der Waals surface area contributed by atoms with Crippen LogP contribution in [0.4, 0.5) is 5.69 Å². The summed E-state index contributed by atoms with van der Waals surface area (Å²) in [6, 6.07) is 5.84. The highest BCUT2D eigenvalue weighted by molar-refractivity contribution is 6.15. The summed E-state index contributed by atoms with van der Waals surface area (Å²) in [4.78, 5) is 19.6. The molecule has 0 unspecified atom stereocenters. The van der Waals surface area contributed by atoms with Gasteiger partial charge in [0.2, 0.25) is 0 Å². The van der Waals surface area contributed by atoms with Crippen LogP contribution in [0.3, 0.4) is 0 Å². The Hall–Kier alpha value is -2.88. The largest absolute Gasteiger partial charge is 0.357 e. The Kier molecular flexibility index (Phi) is 4.80. The van der Waals surface area contributed by atoms with Gasteiger partial charge in [0.15, 0.2) is 0 Å². The molecule has 0 atom stereocenters. The summed E-state index contributed by atoms with van der Waals surface area (Å²) in [5.74, 6) is 0.970. The molecule has 1 saturated heterocycles. The number of aliphatic imine (C=N–C) groups is 1. The van der Waals surface area contributed by atoms with Crippen molar-refractivity contribution in [1.29, 1.82) is 0 Å². The van der Waals surface area contributed by atoms with E-state index in [4.69, 9.17) is 6.58 Å². The van der Waals surface area contributed by atoms with Gasteiger partial charge in [0, 0.05) is 32.9 Å². The number of rotatable bonds is 4. The van der Waals surface area contributed by atoms with Gasteiger partial charge < -0.3 is 10.2 Å². The van der Waals surface area contributed by atoms with Crippen molar-refractivity contribution in [3.05, 3.63) is 82.6 Å². The van der Waals surface area contributed by atoms with Crippen LogP contribution in [0.5, 0.6) is 0 Å². The topological polar surface area (TPSA) is 44.7 Å². The van der Waals surface area contributed by atoms with Crippen molar-refractivity contribution in [2.75, 3.05) is 18.4 Å². The van der Waals surface area contributed by atoms with E-state index < -0.39 is 0 Å². The summed E-state index contributed by atoms with van der Waals surface area (Å²) >= 11 is 0. The van der Waals surface area contributed by atoms with Crippen molar-refractivity contribution >= 4 is 17.3 Å². The van der Waals surface area contributed by atoms with Gasteiger partial charge in [-0.3, -0.25) is 9.79 Å². The minimum Gasteiger partial charge on any atom is -0.357 e. The maximum atomic E-state index is 13.1. The van der Waals surface area contributed by atoms with Crippen molar-refractivity contribution in [2.45, 2.75) is 33.6 Å². The molecule has 2 aliphatic heterocycles. The molecule has 2 radical (unpaired) electrons. The molecule has 0 spiro atoms. The second kappa shape index (κ2) is 7.27. The van der Waals surface area contributed by atoms with Crippen molar-refractivity contribution in [2.24, 2.45) is 4.99 Å². The highest BCUT2D eigenvalue weighted by atomic mass is 16.2. The molecule has 3 aliphatic rings. The first kappa shape index (κ1) is 18.5. The van der Waals surface area contributed by atoms with Crippen molar-refractivity contribution in [1.82, 2.24) is 4.90 Å². The zero-order valence-electron chi connectivity index (χ0n) is 16.7. The van der Waals surface area contributed by atoms with Gasteiger partial charge in [0.25, 0.3) is 5.91 Å². The number of carbonyl (C=O) groups is 1. The van der Waals surface area contributed by atoms with E-state index in [1.165, 1.54) is 5.57 Å². The van der Waals surface area contributed by atoms with Gasteiger partial charge in [0.1, 0.15) is 0 Å². The number of anilines is 1. The Balaban J connectivity index is 0.00000160. The number of fused-ring (bicyclic) bond motifs is 1. The zero-order valence-corrected chi connectivity index (χ0v) is 16.7. The Morgan fingerprint density at radius 3 is 2.68 bits per heavy atom. The summed E-state index contributed by atoms with van der Waals surface area (Å²) < 4.78 is 0. The Labute approximate surface area is 170 Å². The highest BCUT2D eigenvalue weighted by Crippen LogP contribution is 2.33. The first-order valence-corrected chi connectivity index (χ1v) is 9.78. The molecule has 4 rings (SSSR count). The average molecular weight is 376 g/mol. The van der Waals surface area contributed by atoms with E-state index in [1.54, 1.807) is 0 Å². The molecule has 0 saturated carbocycles. The number of hydrogen-bond donors (Lipinski definition) is 1. The number of nitrogens with zero attached hydrogens (tertiary/aromatic N) is 2. The van der Waals surface area contributed by atoms with Gasteiger partial charge in [0.05, 0.1) is 22.9 Å². The lowest BCUT2D eigenvalue weighted by Crippen LogP contribution is -2.29. The van der Waals surface area contributed by atoms with Crippen molar-refractivity contribution in [3.63, 3.8) is 0 Å². The smallest absolute Gasteiger partial charge is 0.256 e. The molecule has 1 aromatic carbocycles. The molecule has 146 valence electrons. The van der Waals surface area contributed by atoms with Crippen LogP contribution in [-0.2, 0) is 0 Å². The molecule has 4 heteroatoms. The quantitative estimate of drug-likeness (QED) is 0.779. The van der Waals surface area contributed by atoms with E-state index in [2.05, 4.69) is 23.3 Å². The van der Waals surface area contributed by atoms with Gasteiger partial charge >= 0.3 is 0 Å². The lowest BCUT2D eigenvalue weighted by molar-refractivity contribution is 0.0793. The molecular formula is C24H29N3O. The number of carbonyl (C=O) groups excluding carboxylic acids is 1. The maximum Gasteiger partial charge on any atom is 0.256 e. The lowest BCUT2D eigenvalue weighted by Gasteiger charge is -2.23. The number of benzene rings is 1. The molecule has 1 N–H and O–H groups in total. The Bertz CT molecular complexity index is 982. The number of nitrogens with one attached hydrogen (secondary N) is 1. The average Bonchev–Trinajstić information content (AvgIpc) is 3.30. The standard InChI is InChI=1S/C24H25N3O.2H2/c1-15-8-7-9-22(23(15)24(28)27-12-5-6-13-27)26-18(4)19-10-11-21-20(14-19)16(2)17(3)25-21;;/h4,7-11,14,26H,5-6,12-13H2,1-3H3;2*1H. The van der Waals surface area contributed by atoms with Crippen molar-refractivity contribution < 1.29 is 7.65 Å². The molecule has 2 heterocycles. The van der Waals surface area contributed by atoms with Crippen molar-refractivity contribution in [3.8, 4) is 0 Å². The lowest BCUT2D eigenvalue weighted by atomic mass is 9.90. The summed E-state index contributed by atoms with van der Waals surface area (Å²) in [6.07, 6.45) is 8.16. The van der Waals surface area contributed by atoms with Crippen LogP contribution < -0.4 is 5.32 Å². The first-order chi connectivity index (χ1) is 13.5. The maximum absolute atomic E-state index is 13.1. The van der Waals surface area contributed by atoms with E-state index >= 15 is 0 Å². The third-order valence-electron chi connectivity index (χ3n) is 5.69. The summed E-state index contributed by atoms with van der Waals surface area (Å²) in [6.45, 7) is 14.1. The van der Waals surface area contributed by atoms with Gasteiger partial charge in [-0.15, -0.1) is 0 Å². The predicted octanol–water partition coefficient (Wildman–Crippen LogP) is 5.27. The monoisotopic (exact) mass is 375 g/mol. The number of allylic oxidation sites excluding steroid dienone is 5. The van der Waals surface area contributed by atoms with E-state index in [0.29, 0.717) is 11.3 Å². The van der Waals surface area contributed by atoms with E-state index in [0.717, 1.165) is 60.1 Å². The van der Waals surface area contributed by atoms with Crippen LogP contribution >= 0.6 is 0 Å². The van der Waals surface area contributed by atoms with Crippen LogP contribution in [0, 0.1) is 19.4 Å². The van der Waals surface area contributed by atoms with Gasteiger partial charge in [-0.2, -0.15) is 0 Å². The fourth-order valence-electron chi connectivity index (χ4n) is 3.91. The third-order valence-corrected chi connectivity index (χ3v) is 5.69. The highest BCUT2D eigenvalue weighted by Gasteiger charge is 2.26. The molecule has 1 amide bonds. The van der Waals surface area contributed by atoms with Crippen LogP contribution in [0.15, 0.2) is 64.0 Å². The Morgan fingerprint density at radius 1 is 1.18 bits per heavy atom. The van der Waals surface area contributed by atoms with E-state index in [1.807, 2.05) is 49.1 Å². The first-order valence-electron chi connectivity index (χ1n) is 9.78. The second-order valence-corrected chi connectivity index (χ2v) is 7.59. The van der Waals surface area contributed by atoms with Crippen LogP contribution in [-0.4, -0.2) is 29.6 Å². The molecule has 4 nitrogen and oxygen atoms in total. The zero-order chi connectivity index (χ0) is 19.8. The van der Waals surface area contributed by atoms with Crippen LogP contribution in [0.1, 0.15) is 45.5 Å². The van der Waals surface area contributed by atoms with Gasteiger partial charge in [-0.1, -0.05) is 24.3 Å². The molecule has 1 aliphatic carbocycles. The van der Waals surface area contributed by atoms with Crippen LogP contribution in [0.25, 0.3) is 0 Å². The molecule has 28 heavy (non-hydrogen) atoms.